The number of carbonyl (C=O) groups excluding carboxylic acids is 1. The normalized spacial score (nSPS) is 11.3. The summed E-state index contributed by atoms with van der Waals surface area (Å²) in [5.41, 5.74) is 6.44. The van der Waals surface area contributed by atoms with E-state index in [1.165, 1.54) is 16.7 Å². The molecule has 4 aromatic rings. The number of hydrogen-bond acceptors (Lipinski definition) is 4. The van der Waals surface area contributed by atoms with Crippen LogP contribution in [0.5, 0.6) is 0 Å². The van der Waals surface area contributed by atoms with Gasteiger partial charge in [0.25, 0.3) is 0 Å². The molecule has 0 saturated heterocycles. The fraction of sp³-hybridized carbons (Fsp3) is 0.269. The summed E-state index contributed by atoms with van der Waals surface area (Å²) in [6.07, 6.45) is 2.09. The third-order valence-corrected chi connectivity index (χ3v) is 6.62. The summed E-state index contributed by atoms with van der Waals surface area (Å²) >= 11 is 1.57. The lowest BCUT2D eigenvalue weighted by molar-refractivity contribution is -0.118. The Morgan fingerprint density at radius 1 is 1.06 bits per heavy atom. The largest absolute Gasteiger partial charge is 0.282 e. The molecule has 2 aromatic carbocycles. The molecule has 0 radical (unpaired) electrons. The van der Waals surface area contributed by atoms with Gasteiger partial charge in [-0.2, -0.15) is 0 Å². The fourth-order valence-electron chi connectivity index (χ4n) is 3.69. The Morgan fingerprint density at radius 3 is 2.52 bits per heavy atom. The van der Waals surface area contributed by atoms with Crippen molar-refractivity contribution in [3.63, 3.8) is 0 Å². The number of aromatic nitrogens is 2. The lowest BCUT2D eigenvalue weighted by Crippen LogP contribution is -2.32. The van der Waals surface area contributed by atoms with E-state index in [0.29, 0.717) is 18.9 Å². The van der Waals surface area contributed by atoms with E-state index in [4.69, 9.17) is 4.98 Å². The Labute approximate surface area is 187 Å². The highest BCUT2D eigenvalue weighted by atomic mass is 32.1. The maximum absolute atomic E-state index is 13.4. The summed E-state index contributed by atoms with van der Waals surface area (Å²) in [4.78, 5) is 24.5. The molecule has 1 amide bonds. The van der Waals surface area contributed by atoms with Crippen molar-refractivity contribution in [3.05, 3.63) is 88.7 Å². The summed E-state index contributed by atoms with van der Waals surface area (Å²) < 4.78 is 1.13. The Morgan fingerprint density at radius 2 is 1.84 bits per heavy atom. The standard InChI is InChI=1S/C26H27N3OS/c1-17(2)21-10-8-20(9-11-21)15-24(30)29(16-22-7-5-6-12-27-22)26-28-23-14-18(3)13-19(4)25(23)31-26/h5-14,17H,15-16H2,1-4H3. The van der Waals surface area contributed by atoms with Crippen molar-refractivity contribution in [2.75, 3.05) is 4.90 Å². The third kappa shape index (κ3) is 4.83. The number of nitrogens with zero attached hydrogens (tertiary/aromatic N) is 3. The molecule has 158 valence electrons. The number of rotatable bonds is 6. The highest BCUT2D eigenvalue weighted by Crippen LogP contribution is 2.33. The maximum atomic E-state index is 13.4. The first-order valence-electron chi connectivity index (χ1n) is 10.6. The van der Waals surface area contributed by atoms with Crippen molar-refractivity contribution in [3.8, 4) is 0 Å². The monoisotopic (exact) mass is 429 g/mol. The summed E-state index contributed by atoms with van der Waals surface area (Å²) in [7, 11) is 0. The van der Waals surface area contributed by atoms with Crippen LogP contribution in [0.4, 0.5) is 5.13 Å². The number of amides is 1. The van der Waals surface area contributed by atoms with Gasteiger partial charge >= 0.3 is 0 Å². The van der Waals surface area contributed by atoms with E-state index >= 15 is 0 Å². The summed E-state index contributed by atoms with van der Waals surface area (Å²) in [5, 5.41) is 0.721. The summed E-state index contributed by atoms with van der Waals surface area (Å²) in [5.74, 6) is 0.497. The molecular formula is C26H27N3OS. The van der Waals surface area contributed by atoms with Gasteiger partial charge in [0.1, 0.15) is 0 Å². The molecule has 0 aliphatic carbocycles. The third-order valence-electron chi connectivity index (χ3n) is 5.39. The van der Waals surface area contributed by atoms with Gasteiger partial charge in [-0.05, 0) is 60.2 Å². The van der Waals surface area contributed by atoms with Gasteiger partial charge in [-0.1, -0.05) is 61.6 Å². The van der Waals surface area contributed by atoms with Crippen molar-refractivity contribution in [2.24, 2.45) is 0 Å². The molecule has 4 rings (SSSR count). The summed E-state index contributed by atoms with van der Waals surface area (Å²) in [6, 6.07) is 18.3. The minimum atomic E-state index is 0.0244. The van der Waals surface area contributed by atoms with Crippen molar-refractivity contribution >= 4 is 32.6 Å². The van der Waals surface area contributed by atoms with Crippen LogP contribution in [-0.2, 0) is 17.8 Å². The Hall–Kier alpha value is -3.05. The van der Waals surface area contributed by atoms with E-state index in [1.807, 2.05) is 18.2 Å². The number of anilines is 1. The minimum Gasteiger partial charge on any atom is -0.282 e. The van der Waals surface area contributed by atoms with Crippen molar-refractivity contribution < 1.29 is 4.79 Å². The zero-order valence-corrected chi connectivity index (χ0v) is 19.2. The van der Waals surface area contributed by atoms with Gasteiger partial charge in [-0.25, -0.2) is 4.98 Å². The van der Waals surface area contributed by atoms with Crippen molar-refractivity contribution in [2.45, 2.75) is 46.6 Å². The van der Waals surface area contributed by atoms with Crippen LogP contribution in [0.1, 0.15) is 47.7 Å². The maximum Gasteiger partial charge on any atom is 0.233 e. The number of thiazole rings is 1. The van der Waals surface area contributed by atoms with Crippen molar-refractivity contribution in [1.82, 2.24) is 9.97 Å². The first-order chi connectivity index (χ1) is 14.9. The molecule has 2 aromatic heterocycles. The molecule has 5 heteroatoms. The summed E-state index contributed by atoms with van der Waals surface area (Å²) in [6.45, 7) is 8.92. The highest BCUT2D eigenvalue weighted by Gasteiger charge is 2.21. The van der Waals surface area contributed by atoms with Crippen LogP contribution in [0.15, 0.2) is 60.8 Å². The SMILES string of the molecule is Cc1cc(C)c2sc(N(Cc3ccccn3)C(=O)Cc3ccc(C(C)C)cc3)nc2c1. The number of pyridine rings is 1. The predicted molar refractivity (Wildman–Crippen MR) is 129 cm³/mol. The molecule has 0 aliphatic rings. The van der Waals surface area contributed by atoms with Crippen LogP contribution in [0.25, 0.3) is 10.2 Å². The lowest BCUT2D eigenvalue weighted by Gasteiger charge is -2.20. The molecule has 0 aliphatic heterocycles. The number of hydrogen-bond donors (Lipinski definition) is 0. The number of carbonyl (C=O) groups is 1. The molecule has 0 N–H and O–H groups in total. The zero-order chi connectivity index (χ0) is 22.0. The molecule has 31 heavy (non-hydrogen) atoms. The number of fused-ring (bicyclic) bond motifs is 1. The minimum absolute atomic E-state index is 0.0244. The second-order valence-electron chi connectivity index (χ2n) is 8.30. The molecule has 0 bridgehead atoms. The van der Waals surface area contributed by atoms with Gasteiger partial charge in [-0.3, -0.25) is 14.7 Å². The molecular weight excluding hydrogens is 402 g/mol. The van der Waals surface area contributed by atoms with Crippen LogP contribution in [0, 0.1) is 13.8 Å². The van der Waals surface area contributed by atoms with Gasteiger partial charge in [0.05, 0.1) is 28.9 Å². The molecule has 0 saturated carbocycles. The average Bonchev–Trinajstić information content (AvgIpc) is 3.17. The van der Waals surface area contributed by atoms with Gasteiger partial charge < -0.3 is 0 Å². The molecule has 4 nitrogen and oxygen atoms in total. The Bertz CT molecular complexity index is 1200. The van der Waals surface area contributed by atoms with Gasteiger partial charge in [0.15, 0.2) is 5.13 Å². The first-order valence-corrected chi connectivity index (χ1v) is 11.4. The first kappa shape index (κ1) is 21.2. The van der Waals surface area contributed by atoms with E-state index in [0.717, 1.165) is 26.6 Å². The average molecular weight is 430 g/mol. The van der Waals surface area contributed by atoms with E-state index < -0.39 is 0 Å². The van der Waals surface area contributed by atoms with E-state index in [-0.39, 0.29) is 5.91 Å². The molecule has 0 unspecified atom stereocenters. The second-order valence-corrected chi connectivity index (χ2v) is 9.28. The van der Waals surface area contributed by atoms with Gasteiger partial charge in [-0.15, -0.1) is 0 Å². The van der Waals surface area contributed by atoms with Gasteiger partial charge in [0, 0.05) is 6.20 Å². The van der Waals surface area contributed by atoms with Crippen LogP contribution < -0.4 is 4.90 Å². The molecule has 2 heterocycles. The lowest BCUT2D eigenvalue weighted by atomic mass is 10.0. The Balaban J connectivity index is 1.67. The molecule has 0 fully saturated rings. The van der Waals surface area contributed by atoms with Crippen molar-refractivity contribution in [1.29, 1.82) is 0 Å². The smallest absolute Gasteiger partial charge is 0.233 e. The van der Waals surface area contributed by atoms with Gasteiger partial charge in [0.2, 0.25) is 5.91 Å². The quantitative estimate of drug-likeness (QED) is 0.366. The fourth-order valence-corrected chi connectivity index (χ4v) is 4.72. The highest BCUT2D eigenvalue weighted by molar-refractivity contribution is 7.22. The van der Waals surface area contributed by atoms with E-state index in [1.54, 1.807) is 22.4 Å². The molecule has 0 atom stereocenters. The van der Waals surface area contributed by atoms with Crippen LogP contribution in [-0.4, -0.2) is 15.9 Å². The number of aryl methyl sites for hydroxylation is 2. The van der Waals surface area contributed by atoms with Crippen LogP contribution in [0.3, 0.4) is 0 Å². The number of benzene rings is 2. The molecule has 0 spiro atoms. The Kier molecular flexibility index (Phi) is 6.14. The van der Waals surface area contributed by atoms with Crippen LogP contribution >= 0.6 is 11.3 Å². The van der Waals surface area contributed by atoms with E-state index in [2.05, 4.69) is 69.1 Å². The topological polar surface area (TPSA) is 46.1 Å². The van der Waals surface area contributed by atoms with Crippen LogP contribution in [0.2, 0.25) is 0 Å². The predicted octanol–water partition coefficient (Wildman–Crippen LogP) is 6.21. The van der Waals surface area contributed by atoms with E-state index in [9.17, 15) is 4.79 Å². The zero-order valence-electron chi connectivity index (χ0n) is 18.4. The second kappa shape index (κ2) is 8.98.